The first-order valence-electron chi connectivity index (χ1n) is 10.8. The van der Waals surface area contributed by atoms with Crippen molar-refractivity contribution in [1.29, 1.82) is 0 Å². The zero-order valence-electron chi connectivity index (χ0n) is 18.3. The standard InChI is InChI=1S/C21H33F3N3O4P/c1-2-3-4-5-6-7-8-9-10-16-11-13-17(14-12-16)26-19(28)18(15-31-32(25)30)27-20(29)21(22,23)24/h11-14,18,30H,2-10,15,25H2,1H3,(H,26,28)(H,27,29). The summed E-state index contributed by atoms with van der Waals surface area (Å²) >= 11 is 0. The van der Waals surface area contributed by atoms with Gasteiger partial charge in [-0.25, -0.2) is 0 Å². The highest BCUT2D eigenvalue weighted by atomic mass is 31.2. The van der Waals surface area contributed by atoms with Crippen molar-refractivity contribution in [1.82, 2.24) is 5.32 Å². The second-order valence-corrected chi connectivity index (χ2v) is 8.40. The van der Waals surface area contributed by atoms with Crippen molar-refractivity contribution in [2.75, 3.05) is 11.9 Å². The number of amides is 2. The summed E-state index contributed by atoms with van der Waals surface area (Å²) in [5.41, 5.74) is 6.50. The van der Waals surface area contributed by atoms with Crippen LogP contribution in [0.5, 0.6) is 0 Å². The fourth-order valence-electron chi connectivity index (χ4n) is 3.02. The van der Waals surface area contributed by atoms with Gasteiger partial charge >= 0.3 is 12.1 Å². The van der Waals surface area contributed by atoms with Crippen molar-refractivity contribution in [2.45, 2.75) is 76.9 Å². The van der Waals surface area contributed by atoms with Gasteiger partial charge in [-0.3, -0.25) is 15.1 Å². The maximum absolute atomic E-state index is 12.5. The lowest BCUT2D eigenvalue weighted by atomic mass is 10.0. The minimum absolute atomic E-state index is 0.361. The molecule has 0 heterocycles. The lowest BCUT2D eigenvalue weighted by molar-refractivity contribution is -0.174. The molecule has 2 unspecified atom stereocenters. The molecule has 0 bridgehead atoms. The molecule has 1 rings (SSSR count). The number of carbonyl (C=O) groups is 2. The lowest BCUT2D eigenvalue weighted by Crippen LogP contribution is -2.50. The number of anilines is 1. The maximum Gasteiger partial charge on any atom is 0.471 e. The van der Waals surface area contributed by atoms with Gasteiger partial charge in [0.1, 0.15) is 6.04 Å². The Morgan fingerprint density at radius 1 is 1.06 bits per heavy atom. The van der Waals surface area contributed by atoms with Crippen molar-refractivity contribution in [3.05, 3.63) is 29.8 Å². The molecule has 11 heteroatoms. The van der Waals surface area contributed by atoms with Crippen molar-refractivity contribution in [3.8, 4) is 0 Å². The number of alkyl halides is 3. The van der Waals surface area contributed by atoms with E-state index in [0.29, 0.717) is 5.69 Å². The van der Waals surface area contributed by atoms with Gasteiger partial charge < -0.3 is 20.1 Å². The van der Waals surface area contributed by atoms with Crippen LogP contribution in [0.3, 0.4) is 0 Å². The minimum Gasteiger partial charge on any atom is -0.338 e. The normalized spacial score (nSPS) is 13.4. The van der Waals surface area contributed by atoms with Crippen LogP contribution in [0.15, 0.2) is 24.3 Å². The number of aryl methyl sites for hydroxylation is 1. The molecular formula is C21H33F3N3O4P. The average molecular weight is 479 g/mol. The molecule has 1 aromatic rings. The third-order valence-corrected chi connectivity index (χ3v) is 5.21. The molecule has 7 nitrogen and oxygen atoms in total. The van der Waals surface area contributed by atoms with E-state index in [9.17, 15) is 22.8 Å². The van der Waals surface area contributed by atoms with Crippen LogP contribution in [0, 0.1) is 0 Å². The summed E-state index contributed by atoms with van der Waals surface area (Å²) in [5, 5.41) is 3.98. The molecule has 5 N–H and O–H groups in total. The van der Waals surface area contributed by atoms with Crippen LogP contribution in [0.2, 0.25) is 0 Å². The Morgan fingerprint density at radius 3 is 2.16 bits per heavy atom. The highest BCUT2D eigenvalue weighted by Crippen LogP contribution is 2.21. The minimum atomic E-state index is -5.16. The SMILES string of the molecule is CCCCCCCCCCc1ccc(NC(=O)C(COP(N)O)NC(=O)C(F)(F)F)cc1. The Balaban J connectivity index is 2.50. The van der Waals surface area contributed by atoms with Crippen LogP contribution < -0.4 is 16.1 Å². The number of halogens is 3. The van der Waals surface area contributed by atoms with Gasteiger partial charge in [0.2, 0.25) is 14.4 Å². The quantitative estimate of drug-likeness (QED) is 0.218. The zero-order valence-corrected chi connectivity index (χ0v) is 19.2. The van der Waals surface area contributed by atoms with E-state index in [2.05, 4.69) is 16.8 Å². The molecule has 1 aromatic carbocycles. The largest absolute Gasteiger partial charge is 0.471 e. The van der Waals surface area contributed by atoms with Crippen LogP contribution >= 0.6 is 8.53 Å². The molecule has 0 aliphatic carbocycles. The molecule has 182 valence electrons. The van der Waals surface area contributed by atoms with E-state index >= 15 is 0 Å². The molecule has 32 heavy (non-hydrogen) atoms. The lowest BCUT2D eigenvalue weighted by Gasteiger charge is -2.19. The third kappa shape index (κ3) is 12.3. The first kappa shape index (κ1) is 28.3. The van der Waals surface area contributed by atoms with Crippen LogP contribution in [0.1, 0.15) is 63.9 Å². The van der Waals surface area contributed by atoms with Crippen molar-refractivity contribution in [2.24, 2.45) is 5.50 Å². The number of nitrogens with two attached hydrogens (primary N) is 1. The highest BCUT2D eigenvalue weighted by Gasteiger charge is 2.41. The van der Waals surface area contributed by atoms with Gasteiger partial charge in [0.15, 0.2) is 0 Å². The van der Waals surface area contributed by atoms with Crippen molar-refractivity contribution < 1.29 is 32.2 Å². The second kappa shape index (κ2) is 15.2. The molecule has 0 radical (unpaired) electrons. The summed E-state index contributed by atoms with van der Waals surface area (Å²) in [6, 6.07) is 5.28. The number of nitrogens with one attached hydrogen (secondary N) is 2. The van der Waals surface area contributed by atoms with Crippen LogP contribution in [-0.4, -0.2) is 35.5 Å². The molecule has 0 aliphatic rings. The highest BCUT2D eigenvalue weighted by molar-refractivity contribution is 7.43. The molecule has 0 saturated heterocycles. The Morgan fingerprint density at radius 2 is 1.62 bits per heavy atom. The fourth-order valence-corrected chi connectivity index (χ4v) is 3.32. The monoisotopic (exact) mass is 479 g/mol. The van der Waals surface area contributed by atoms with Gasteiger partial charge in [0.25, 0.3) is 0 Å². The first-order chi connectivity index (χ1) is 15.1. The average Bonchev–Trinajstić information content (AvgIpc) is 2.73. The number of hydrogen-bond acceptors (Lipinski definition) is 5. The summed E-state index contributed by atoms with van der Waals surface area (Å²) < 4.78 is 42.2. The Kier molecular flexibility index (Phi) is 13.4. The van der Waals surface area contributed by atoms with Gasteiger partial charge in [-0.2, -0.15) is 13.2 Å². The van der Waals surface area contributed by atoms with Crippen molar-refractivity contribution in [3.63, 3.8) is 0 Å². The van der Waals surface area contributed by atoms with E-state index in [1.54, 1.807) is 17.4 Å². The third-order valence-electron chi connectivity index (χ3n) is 4.79. The van der Waals surface area contributed by atoms with E-state index in [1.165, 1.54) is 38.5 Å². The van der Waals surface area contributed by atoms with Gasteiger partial charge in [-0.15, -0.1) is 0 Å². The van der Waals surface area contributed by atoms with E-state index in [-0.39, 0.29) is 0 Å². The Labute approximate surface area is 188 Å². The van der Waals surface area contributed by atoms with Gasteiger partial charge in [0, 0.05) is 5.69 Å². The second-order valence-electron chi connectivity index (χ2n) is 7.53. The summed E-state index contributed by atoms with van der Waals surface area (Å²) in [6.45, 7) is 1.49. The maximum atomic E-state index is 12.5. The molecule has 0 fully saturated rings. The van der Waals surface area contributed by atoms with Crippen LogP contribution in [-0.2, 0) is 20.5 Å². The topological polar surface area (TPSA) is 114 Å². The number of carbonyl (C=O) groups excluding carboxylic acids is 2. The first-order valence-corrected chi connectivity index (χ1v) is 12.1. The molecule has 0 saturated carbocycles. The summed E-state index contributed by atoms with van der Waals surface area (Å²) in [5.74, 6) is -3.21. The molecule has 0 spiro atoms. The molecular weight excluding hydrogens is 446 g/mol. The van der Waals surface area contributed by atoms with Gasteiger partial charge in [0.05, 0.1) is 6.61 Å². The van der Waals surface area contributed by atoms with Crippen LogP contribution in [0.4, 0.5) is 18.9 Å². The number of hydrogen-bond donors (Lipinski definition) is 4. The number of unbranched alkanes of at least 4 members (excludes halogenated alkanes) is 7. The molecule has 2 amide bonds. The number of benzene rings is 1. The molecule has 0 aromatic heterocycles. The number of rotatable bonds is 15. The predicted octanol–water partition coefficient (Wildman–Crippen LogP) is 4.55. The van der Waals surface area contributed by atoms with E-state index in [4.69, 9.17) is 10.4 Å². The van der Waals surface area contributed by atoms with Crippen LogP contribution in [0.25, 0.3) is 0 Å². The Hall–Kier alpha value is -1.74. The van der Waals surface area contributed by atoms with E-state index in [1.807, 2.05) is 12.1 Å². The fraction of sp³-hybridized carbons (Fsp3) is 0.619. The zero-order chi connectivity index (χ0) is 24.0. The van der Waals surface area contributed by atoms with E-state index in [0.717, 1.165) is 24.8 Å². The summed E-state index contributed by atoms with van der Waals surface area (Å²) in [4.78, 5) is 32.5. The summed E-state index contributed by atoms with van der Waals surface area (Å²) in [6.07, 6.45) is 5.53. The Bertz CT molecular complexity index is 688. The van der Waals surface area contributed by atoms with Gasteiger partial charge in [-0.05, 0) is 30.5 Å². The van der Waals surface area contributed by atoms with Crippen molar-refractivity contribution >= 4 is 26.0 Å². The smallest absolute Gasteiger partial charge is 0.338 e. The van der Waals surface area contributed by atoms with Gasteiger partial charge in [-0.1, -0.05) is 64.0 Å². The molecule has 0 aliphatic heterocycles. The van der Waals surface area contributed by atoms with E-state index < -0.39 is 39.2 Å². The summed E-state index contributed by atoms with van der Waals surface area (Å²) in [7, 11) is -2.40. The molecule has 2 atom stereocenters. The predicted molar refractivity (Wildman–Crippen MR) is 119 cm³/mol.